The van der Waals surface area contributed by atoms with Crippen molar-refractivity contribution in [2.75, 3.05) is 14.7 Å². The van der Waals surface area contributed by atoms with E-state index < -0.39 is 11.1 Å². The van der Waals surface area contributed by atoms with Gasteiger partial charge in [-0.2, -0.15) is 0 Å². The van der Waals surface area contributed by atoms with Crippen LogP contribution in [0.2, 0.25) is 0 Å². The van der Waals surface area contributed by atoms with E-state index in [2.05, 4.69) is 281 Å². The molecule has 0 spiro atoms. The average molecular weight is 1040 g/mol. The van der Waals surface area contributed by atoms with Gasteiger partial charge in [0, 0.05) is 50.5 Å². The van der Waals surface area contributed by atoms with Crippen molar-refractivity contribution < 1.29 is 0 Å². The van der Waals surface area contributed by atoms with E-state index in [0.29, 0.717) is 0 Å². The normalized spacial score (nSPS) is 23.0. The molecule has 4 heterocycles. The SMILES string of the molecule is CC(C)(C)c1ccc2c(c1)B1c3cc(C(C)(C)C)cc4c3N(c3cc(N5c6ccccc6C6(C)CCc7ccccc7C56C)cc(c31)N2c1ccc(C(C)(C)C)cc1-c1ccc2ccccc2c1)C1(C)c2ccccc2CCC41C. The molecule has 0 aromatic heterocycles. The van der Waals surface area contributed by atoms with Gasteiger partial charge in [-0.3, -0.25) is 0 Å². The lowest BCUT2D eigenvalue weighted by atomic mass is 9.33. The van der Waals surface area contributed by atoms with Crippen LogP contribution in [0.5, 0.6) is 0 Å². The first-order chi connectivity index (χ1) is 38.1. The Morgan fingerprint density at radius 1 is 0.400 bits per heavy atom. The third kappa shape index (κ3) is 6.40. The van der Waals surface area contributed by atoms with Gasteiger partial charge < -0.3 is 14.7 Å². The molecule has 15 rings (SSSR count). The van der Waals surface area contributed by atoms with E-state index in [1.54, 1.807) is 0 Å². The molecule has 0 N–H and O–H groups in total. The maximum atomic E-state index is 2.93. The molecule has 0 radical (unpaired) electrons. The first kappa shape index (κ1) is 49.7. The second-order valence-corrected chi connectivity index (χ2v) is 28.8. The van der Waals surface area contributed by atoms with Gasteiger partial charge in [0.05, 0.1) is 16.8 Å². The van der Waals surface area contributed by atoms with E-state index in [9.17, 15) is 0 Å². The zero-order valence-electron chi connectivity index (χ0n) is 49.5. The third-order valence-electron chi connectivity index (χ3n) is 21.5. The molecule has 9 aromatic carbocycles. The van der Waals surface area contributed by atoms with Gasteiger partial charge in [-0.05, 0) is 181 Å². The molecule has 0 bridgehead atoms. The van der Waals surface area contributed by atoms with Gasteiger partial charge in [0.25, 0.3) is 6.71 Å². The summed E-state index contributed by atoms with van der Waals surface area (Å²) in [6.45, 7) is 31.9. The number of benzene rings is 9. The number of hydrogen-bond donors (Lipinski definition) is 0. The zero-order valence-corrected chi connectivity index (χ0v) is 49.5. The summed E-state index contributed by atoms with van der Waals surface area (Å²) in [5.74, 6) is 0. The summed E-state index contributed by atoms with van der Waals surface area (Å²) >= 11 is 0. The Kier molecular flexibility index (Phi) is 10.1. The van der Waals surface area contributed by atoms with E-state index in [0.717, 1.165) is 25.7 Å². The third-order valence-corrected chi connectivity index (χ3v) is 21.5. The van der Waals surface area contributed by atoms with E-state index in [1.165, 1.54) is 128 Å². The van der Waals surface area contributed by atoms with Crippen LogP contribution in [0.25, 0.3) is 21.9 Å². The fourth-order valence-electron chi connectivity index (χ4n) is 16.7. The fraction of sp³-hybridized carbons (Fsp3) is 0.316. The molecule has 0 amide bonds. The van der Waals surface area contributed by atoms with Crippen LogP contribution >= 0.6 is 0 Å². The van der Waals surface area contributed by atoms with E-state index in [1.807, 2.05) is 0 Å². The number of hydrogen-bond acceptors (Lipinski definition) is 3. The molecule has 2 aliphatic carbocycles. The molecule has 4 aliphatic heterocycles. The summed E-state index contributed by atoms with van der Waals surface area (Å²) in [7, 11) is 0. The molecule has 4 unspecified atom stereocenters. The first-order valence-electron chi connectivity index (χ1n) is 29.9. The largest absolute Gasteiger partial charge is 0.331 e. The Labute approximate surface area is 476 Å². The second kappa shape index (κ2) is 16.2. The molecule has 0 saturated heterocycles. The van der Waals surface area contributed by atoms with Crippen LogP contribution in [-0.2, 0) is 51.0 Å². The number of para-hydroxylation sites is 1. The van der Waals surface area contributed by atoms with Gasteiger partial charge in [0.1, 0.15) is 0 Å². The summed E-state index contributed by atoms with van der Waals surface area (Å²) in [6.07, 6.45) is 4.26. The topological polar surface area (TPSA) is 9.72 Å². The number of rotatable bonds is 3. The van der Waals surface area contributed by atoms with Gasteiger partial charge in [0.15, 0.2) is 0 Å². The molecular formula is C76H76BN3. The molecule has 398 valence electrons. The maximum absolute atomic E-state index is 2.93. The minimum absolute atomic E-state index is 0.0300. The highest BCUT2D eigenvalue weighted by Crippen LogP contribution is 2.68. The predicted molar refractivity (Wildman–Crippen MR) is 341 cm³/mol. The Morgan fingerprint density at radius 2 is 0.938 bits per heavy atom. The lowest BCUT2D eigenvalue weighted by molar-refractivity contribution is 0.244. The Morgan fingerprint density at radius 3 is 1.60 bits per heavy atom. The molecule has 4 heteroatoms. The van der Waals surface area contributed by atoms with Crippen molar-refractivity contribution in [1.82, 2.24) is 0 Å². The van der Waals surface area contributed by atoms with Gasteiger partial charge in [0.2, 0.25) is 0 Å². The van der Waals surface area contributed by atoms with Crippen molar-refractivity contribution in [2.24, 2.45) is 0 Å². The monoisotopic (exact) mass is 1040 g/mol. The highest BCUT2D eigenvalue weighted by atomic mass is 15.3. The van der Waals surface area contributed by atoms with Crippen LogP contribution in [0.4, 0.5) is 39.8 Å². The summed E-state index contributed by atoms with van der Waals surface area (Å²) in [6, 6.07) is 70.0. The van der Waals surface area contributed by atoms with Gasteiger partial charge in [-0.25, -0.2) is 0 Å². The highest BCUT2D eigenvalue weighted by Gasteiger charge is 2.65. The van der Waals surface area contributed by atoms with E-state index >= 15 is 0 Å². The molecular weight excluding hydrogens is 966 g/mol. The lowest BCUT2D eigenvalue weighted by Gasteiger charge is -2.54. The second-order valence-electron chi connectivity index (χ2n) is 28.8. The minimum atomic E-state index is -0.408. The van der Waals surface area contributed by atoms with Gasteiger partial charge in [-0.15, -0.1) is 0 Å². The Hall–Kier alpha value is -7.30. The molecule has 4 atom stereocenters. The van der Waals surface area contributed by atoms with Crippen molar-refractivity contribution in [2.45, 2.75) is 154 Å². The van der Waals surface area contributed by atoms with Gasteiger partial charge in [-0.1, -0.05) is 210 Å². The molecule has 0 saturated carbocycles. The minimum Gasteiger partial charge on any atom is -0.331 e. The van der Waals surface area contributed by atoms with Crippen LogP contribution < -0.4 is 31.1 Å². The smallest absolute Gasteiger partial charge is 0.252 e. The maximum Gasteiger partial charge on any atom is 0.252 e. The summed E-state index contributed by atoms with van der Waals surface area (Å²) in [5.41, 5.74) is 27.2. The van der Waals surface area contributed by atoms with Crippen molar-refractivity contribution in [1.29, 1.82) is 0 Å². The summed E-state index contributed by atoms with van der Waals surface area (Å²) in [5, 5.41) is 2.51. The molecule has 6 aliphatic rings. The molecule has 0 fully saturated rings. The zero-order chi connectivity index (χ0) is 55.4. The Balaban J connectivity index is 1.12. The number of fused-ring (bicyclic) bond motifs is 15. The first-order valence-corrected chi connectivity index (χ1v) is 29.9. The van der Waals surface area contributed by atoms with Crippen LogP contribution in [-0.4, -0.2) is 6.71 Å². The predicted octanol–water partition coefficient (Wildman–Crippen LogP) is 17.6. The number of nitrogens with zero attached hydrogens (tertiary/aromatic N) is 3. The van der Waals surface area contributed by atoms with Crippen molar-refractivity contribution in [3.63, 3.8) is 0 Å². The van der Waals surface area contributed by atoms with Gasteiger partial charge >= 0.3 is 0 Å². The average Bonchev–Trinajstić information content (AvgIpc) is 3.81. The highest BCUT2D eigenvalue weighted by molar-refractivity contribution is 7.00. The van der Waals surface area contributed by atoms with Crippen molar-refractivity contribution in [3.8, 4) is 11.1 Å². The standard InChI is InChI=1S/C76H76BN3/c1-70(2,3)52-32-34-63(56(41-52)51-31-30-47-22-14-15-25-50(47)40-51)78-65-35-33-53(71(4,5)6)43-61(65)77-62-44-54(72(7,8)9)42-60-69(62)80(76(13)58-27-19-17-24-49(58)37-39-74(60,76)11)67-46-55(45-66(78)68(67)77)79-64-29-21-20-28-59(64)73(10)38-36-48-23-16-18-26-57(48)75(73,79)12/h14-35,40-46H,36-39H2,1-13H3. The van der Waals surface area contributed by atoms with Crippen LogP contribution in [0, 0.1) is 0 Å². The van der Waals surface area contributed by atoms with Crippen molar-refractivity contribution in [3.05, 3.63) is 226 Å². The van der Waals surface area contributed by atoms with Crippen LogP contribution in [0.15, 0.2) is 176 Å². The quantitative estimate of drug-likeness (QED) is 0.163. The molecule has 3 nitrogen and oxygen atoms in total. The van der Waals surface area contributed by atoms with Crippen LogP contribution in [0.1, 0.15) is 153 Å². The molecule has 9 aromatic rings. The molecule has 80 heavy (non-hydrogen) atoms. The van der Waals surface area contributed by atoms with Crippen LogP contribution in [0.3, 0.4) is 0 Å². The number of anilines is 7. The number of aryl methyl sites for hydroxylation is 2. The van der Waals surface area contributed by atoms with E-state index in [-0.39, 0.29) is 33.8 Å². The fourth-order valence-corrected chi connectivity index (χ4v) is 16.7. The van der Waals surface area contributed by atoms with E-state index in [4.69, 9.17) is 0 Å². The summed E-state index contributed by atoms with van der Waals surface area (Å²) < 4.78 is 0. The Bertz CT molecular complexity index is 4140. The summed E-state index contributed by atoms with van der Waals surface area (Å²) in [4.78, 5) is 8.49. The lowest BCUT2D eigenvalue weighted by Crippen LogP contribution is -2.64. The van der Waals surface area contributed by atoms with Crippen molar-refractivity contribution >= 4 is 73.7 Å².